The molecule has 0 saturated heterocycles. The molecular formula is C14H27NO2S. The third-order valence-corrected chi connectivity index (χ3v) is 4.88. The minimum Gasteiger partial charge on any atom is -0.468 e. The van der Waals surface area contributed by atoms with E-state index in [9.17, 15) is 4.79 Å². The van der Waals surface area contributed by atoms with Crippen LogP contribution in [0.15, 0.2) is 0 Å². The van der Waals surface area contributed by atoms with Gasteiger partial charge in [-0.05, 0) is 45.8 Å². The highest BCUT2D eigenvalue weighted by molar-refractivity contribution is 7.99. The monoisotopic (exact) mass is 273 g/mol. The van der Waals surface area contributed by atoms with Crippen molar-refractivity contribution in [3.05, 3.63) is 0 Å². The lowest BCUT2D eigenvalue weighted by Gasteiger charge is -2.30. The second-order valence-corrected chi connectivity index (χ2v) is 7.06. The molecule has 1 aliphatic carbocycles. The lowest BCUT2D eigenvalue weighted by atomic mass is 9.98. The summed E-state index contributed by atoms with van der Waals surface area (Å²) in [4.78, 5) is 11.9. The van der Waals surface area contributed by atoms with E-state index in [2.05, 4.69) is 19.2 Å². The summed E-state index contributed by atoms with van der Waals surface area (Å²) in [5.41, 5.74) is -0.547. The lowest BCUT2D eigenvalue weighted by molar-refractivity contribution is -0.148. The van der Waals surface area contributed by atoms with Crippen molar-refractivity contribution in [2.24, 2.45) is 0 Å². The molecule has 0 heterocycles. The number of rotatable bonds is 7. The van der Waals surface area contributed by atoms with Crippen LogP contribution in [0.2, 0.25) is 0 Å². The van der Waals surface area contributed by atoms with Crippen molar-refractivity contribution in [1.29, 1.82) is 0 Å². The van der Waals surface area contributed by atoms with E-state index in [0.717, 1.165) is 17.4 Å². The Balaban J connectivity index is 2.42. The van der Waals surface area contributed by atoms with Crippen LogP contribution in [0.1, 0.15) is 52.9 Å². The molecule has 18 heavy (non-hydrogen) atoms. The number of ether oxygens (including phenoxy) is 1. The van der Waals surface area contributed by atoms with E-state index >= 15 is 0 Å². The van der Waals surface area contributed by atoms with E-state index in [1.807, 2.05) is 18.7 Å². The molecule has 0 aliphatic heterocycles. The molecule has 0 aromatic heterocycles. The molecule has 106 valence electrons. The van der Waals surface area contributed by atoms with Gasteiger partial charge in [0.05, 0.1) is 7.11 Å². The number of methoxy groups -OCH3 is 1. The molecule has 1 fully saturated rings. The molecule has 1 N–H and O–H groups in total. The van der Waals surface area contributed by atoms with Crippen molar-refractivity contribution in [3.63, 3.8) is 0 Å². The number of carbonyl (C=O) groups is 1. The lowest BCUT2D eigenvalue weighted by Crippen LogP contribution is -2.53. The second kappa shape index (κ2) is 7.39. The Morgan fingerprint density at radius 1 is 1.44 bits per heavy atom. The Morgan fingerprint density at radius 3 is 2.56 bits per heavy atom. The Kier molecular flexibility index (Phi) is 6.50. The summed E-state index contributed by atoms with van der Waals surface area (Å²) in [6.45, 7) is 6.07. The van der Waals surface area contributed by atoms with Crippen LogP contribution in [0, 0.1) is 0 Å². The van der Waals surface area contributed by atoms with Crippen LogP contribution in [-0.2, 0) is 9.53 Å². The van der Waals surface area contributed by atoms with Gasteiger partial charge in [0.25, 0.3) is 0 Å². The normalized spacial score (nSPS) is 20.1. The van der Waals surface area contributed by atoms with Crippen molar-refractivity contribution in [3.8, 4) is 0 Å². The Labute approximate surface area is 115 Å². The van der Waals surface area contributed by atoms with Gasteiger partial charge in [-0.3, -0.25) is 10.1 Å². The summed E-state index contributed by atoms with van der Waals surface area (Å²) in [7, 11) is 1.46. The van der Waals surface area contributed by atoms with Crippen LogP contribution in [0.25, 0.3) is 0 Å². The van der Waals surface area contributed by atoms with Crippen molar-refractivity contribution in [2.45, 2.75) is 69.7 Å². The fourth-order valence-electron chi connectivity index (χ4n) is 2.58. The van der Waals surface area contributed by atoms with E-state index in [4.69, 9.17) is 4.74 Å². The number of thioether (sulfide) groups is 1. The average molecular weight is 273 g/mol. The van der Waals surface area contributed by atoms with Gasteiger partial charge in [-0.15, -0.1) is 0 Å². The molecule has 3 nitrogen and oxygen atoms in total. The summed E-state index contributed by atoms with van der Waals surface area (Å²) < 4.78 is 4.93. The zero-order valence-electron chi connectivity index (χ0n) is 12.1. The topological polar surface area (TPSA) is 38.3 Å². The largest absolute Gasteiger partial charge is 0.468 e. The van der Waals surface area contributed by atoms with Crippen molar-refractivity contribution < 1.29 is 9.53 Å². The quantitative estimate of drug-likeness (QED) is 0.724. The molecule has 0 spiro atoms. The van der Waals surface area contributed by atoms with Crippen molar-refractivity contribution in [2.75, 3.05) is 12.9 Å². The fourth-order valence-corrected chi connectivity index (χ4v) is 4.11. The van der Waals surface area contributed by atoms with Crippen LogP contribution in [0.3, 0.4) is 0 Å². The van der Waals surface area contributed by atoms with Gasteiger partial charge in [0, 0.05) is 11.3 Å². The molecule has 1 saturated carbocycles. The van der Waals surface area contributed by atoms with Gasteiger partial charge in [0.1, 0.15) is 5.54 Å². The molecule has 4 heteroatoms. The maximum atomic E-state index is 11.9. The zero-order valence-corrected chi connectivity index (χ0v) is 12.9. The summed E-state index contributed by atoms with van der Waals surface area (Å²) in [5.74, 6) is 0.874. The first-order valence-corrected chi connectivity index (χ1v) is 8.00. The molecule has 0 radical (unpaired) electrons. The summed E-state index contributed by atoms with van der Waals surface area (Å²) in [6.07, 6.45) is 6.26. The summed E-state index contributed by atoms with van der Waals surface area (Å²) in [6, 6.07) is 0.283. The average Bonchev–Trinajstić information content (AvgIpc) is 2.80. The van der Waals surface area contributed by atoms with Gasteiger partial charge in [-0.25, -0.2) is 0 Å². The minimum absolute atomic E-state index is 0.150. The SMILES string of the molecule is COC(=O)C(C)(CCSC1CCCC1)NC(C)C. The van der Waals surface area contributed by atoms with Crippen LogP contribution in [0.5, 0.6) is 0 Å². The number of nitrogens with one attached hydrogen (secondary N) is 1. The van der Waals surface area contributed by atoms with Gasteiger partial charge in [-0.2, -0.15) is 11.8 Å². The van der Waals surface area contributed by atoms with Crippen LogP contribution < -0.4 is 5.32 Å². The number of hydrogen-bond acceptors (Lipinski definition) is 4. The Bertz CT molecular complexity index is 265. The third kappa shape index (κ3) is 4.81. The molecule has 1 unspecified atom stereocenters. The van der Waals surface area contributed by atoms with E-state index in [-0.39, 0.29) is 12.0 Å². The molecule has 1 atom stereocenters. The van der Waals surface area contributed by atoms with Gasteiger partial charge in [-0.1, -0.05) is 12.8 Å². The van der Waals surface area contributed by atoms with Gasteiger partial charge in [0.2, 0.25) is 0 Å². The first kappa shape index (κ1) is 15.8. The highest BCUT2D eigenvalue weighted by atomic mass is 32.2. The van der Waals surface area contributed by atoms with Gasteiger partial charge in [0.15, 0.2) is 0 Å². The maximum absolute atomic E-state index is 11.9. The zero-order chi connectivity index (χ0) is 13.6. The smallest absolute Gasteiger partial charge is 0.325 e. The molecule has 0 aromatic rings. The number of hydrogen-bond donors (Lipinski definition) is 1. The molecule has 0 amide bonds. The van der Waals surface area contributed by atoms with Crippen LogP contribution in [0.4, 0.5) is 0 Å². The van der Waals surface area contributed by atoms with Gasteiger partial charge >= 0.3 is 5.97 Å². The standard InChI is InChI=1S/C14H27NO2S/c1-11(2)15-14(3,13(16)17-4)9-10-18-12-7-5-6-8-12/h11-12,15H,5-10H2,1-4H3. The first-order chi connectivity index (χ1) is 8.48. The summed E-state index contributed by atoms with van der Waals surface area (Å²) >= 11 is 2.02. The predicted octanol–water partition coefficient (Wildman–Crippen LogP) is 2.98. The molecule has 1 rings (SSSR count). The Hall–Kier alpha value is -0.220. The number of esters is 1. The molecule has 1 aliphatic rings. The van der Waals surface area contributed by atoms with Crippen molar-refractivity contribution in [1.82, 2.24) is 5.32 Å². The second-order valence-electron chi connectivity index (χ2n) is 5.65. The minimum atomic E-state index is -0.547. The molecule has 0 bridgehead atoms. The van der Waals surface area contributed by atoms with Gasteiger partial charge < -0.3 is 4.74 Å². The van der Waals surface area contributed by atoms with E-state index in [1.54, 1.807) is 0 Å². The molecule has 0 aromatic carbocycles. The molecular weight excluding hydrogens is 246 g/mol. The van der Waals surface area contributed by atoms with E-state index < -0.39 is 5.54 Å². The predicted molar refractivity (Wildman–Crippen MR) is 78.0 cm³/mol. The fraction of sp³-hybridized carbons (Fsp3) is 0.929. The van der Waals surface area contributed by atoms with Crippen LogP contribution in [-0.4, -0.2) is 35.7 Å². The third-order valence-electron chi connectivity index (χ3n) is 3.50. The van der Waals surface area contributed by atoms with E-state index in [1.165, 1.54) is 32.8 Å². The highest BCUT2D eigenvalue weighted by Gasteiger charge is 2.34. The number of carbonyl (C=O) groups excluding carboxylic acids is 1. The van der Waals surface area contributed by atoms with Crippen molar-refractivity contribution >= 4 is 17.7 Å². The Morgan fingerprint density at radius 2 is 2.06 bits per heavy atom. The maximum Gasteiger partial charge on any atom is 0.325 e. The first-order valence-electron chi connectivity index (χ1n) is 6.95. The van der Waals surface area contributed by atoms with Crippen LogP contribution >= 0.6 is 11.8 Å². The van der Waals surface area contributed by atoms with E-state index in [0.29, 0.717) is 0 Å². The highest BCUT2D eigenvalue weighted by Crippen LogP contribution is 2.31. The summed E-state index contributed by atoms with van der Waals surface area (Å²) in [5, 5.41) is 4.16.